The molecule has 2 unspecified atom stereocenters. The molecule has 1 N–H and O–H groups in total. The van der Waals surface area contributed by atoms with Crippen LogP contribution in [0.3, 0.4) is 0 Å². The van der Waals surface area contributed by atoms with Crippen LogP contribution < -0.4 is 5.32 Å². The minimum Gasteiger partial charge on any atom is -0.347 e. The van der Waals surface area contributed by atoms with Gasteiger partial charge in [-0.1, -0.05) is 32.0 Å². The lowest BCUT2D eigenvalue weighted by molar-refractivity contribution is -0.131. The van der Waals surface area contributed by atoms with Crippen LogP contribution in [-0.2, 0) is 4.79 Å². The molecular weight excluding hydrogens is 280 g/mol. The van der Waals surface area contributed by atoms with Crippen molar-refractivity contribution in [3.63, 3.8) is 0 Å². The van der Waals surface area contributed by atoms with Crippen LogP contribution >= 0.6 is 11.8 Å². The summed E-state index contributed by atoms with van der Waals surface area (Å²) in [5, 5.41) is 3.62. The van der Waals surface area contributed by atoms with Crippen molar-refractivity contribution in [1.82, 2.24) is 10.2 Å². The van der Waals surface area contributed by atoms with Crippen molar-refractivity contribution in [2.24, 2.45) is 5.92 Å². The molecule has 0 saturated carbocycles. The second kappa shape index (κ2) is 7.32. The summed E-state index contributed by atoms with van der Waals surface area (Å²) in [6.45, 7) is 4.34. The summed E-state index contributed by atoms with van der Waals surface area (Å²) < 4.78 is 0. The summed E-state index contributed by atoms with van der Waals surface area (Å²) >= 11 is 1.91. The molecule has 21 heavy (non-hydrogen) atoms. The standard InChI is InChI=1S/C17H26N2OS/c1-12(2)11-15(17(20)19(3)4)18-14-9-10-21-16-8-6-5-7-13(14)16/h5-8,12,14-15,18H,9-11H2,1-4H3. The maximum absolute atomic E-state index is 12.4. The lowest BCUT2D eigenvalue weighted by Crippen LogP contribution is -2.46. The van der Waals surface area contributed by atoms with Crippen molar-refractivity contribution >= 4 is 17.7 Å². The molecule has 0 aromatic heterocycles. The Morgan fingerprint density at radius 2 is 2.10 bits per heavy atom. The molecule has 0 spiro atoms. The highest BCUT2D eigenvalue weighted by Crippen LogP contribution is 2.36. The highest BCUT2D eigenvalue weighted by molar-refractivity contribution is 7.99. The van der Waals surface area contributed by atoms with Crippen molar-refractivity contribution in [2.75, 3.05) is 19.8 Å². The average molecular weight is 306 g/mol. The third kappa shape index (κ3) is 4.24. The fraction of sp³-hybridized carbons (Fsp3) is 0.588. The van der Waals surface area contributed by atoms with Gasteiger partial charge in [-0.15, -0.1) is 11.8 Å². The second-order valence-electron chi connectivity index (χ2n) is 6.31. The molecule has 1 aromatic rings. The molecule has 116 valence electrons. The predicted octanol–water partition coefficient (Wildman–Crippen LogP) is 3.32. The van der Waals surface area contributed by atoms with Crippen molar-refractivity contribution in [1.29, 1.82) is 0 Å². The first-order valence-electron chi connectivity index (χ1n) is 7.68. The largest absolute Gasteiger partial charge is 0.347 e. The molecule has 2 atom stereocenters. The van der Waals surface area contributed by atoms with Gasteiger partial charge in [0.1, 0.15) is 0 Å². The van der Waals surface area contributed by atoms with Crippen LogP contribution in [0.1, 0.15) is 38.3 Å². The van der Waals surface area contributed by atoms with Crippen LogP contribution in [-0.4, -0.2) is 36.7 Å². The second-order valence-corrected chi connectivity index (χ2v) is 7.45. The molecule has 0 bridgehead atoms. The molecule has 3 nitrogen and oxygen atoms in total. The molecule has 1 aliphatic rings. The summed E-state index contributed by atoms with van der Waals surface area (Å²) in [7, 11) is 3.67. The number of likely N-dealkylation sites (N-methyl/N-ethyl adjacent to an activating group) is 1. The number of fused-ring (bicyclic) bond motifs is 1. The molecule has 0 saturated heterocycles. The topological polar surface area (TPSA) is 32.3 Å². The van der Waals surface area contributed by atoms with Crippen molar-refractivity contribution in [2.45, 2.75) is 43.7 Å². The molecule has 0 fully saturated rings. The Kier molecular flexibility index (Phi) is 5.71. The molecule has 4 heteroatoms. The van der Waals surface area contributed by atoms with Crippen LogP contribution in [0.5, 0.6) is 0 Å². The number of amides is 1. The van der Waals surface area contributed by atoms with E-state index in [0.717, 1.165) is 18.6 Å². The normalized spacial score (nSPS) is 19.2. The number of carbonyl (C=O) groups excluding carboxylic acids is 1. The van der Waals surface area contributed by atoms with E-state index in [1.54, 1.807) is 4.90 Å². The number of carbonyl (C=O) groups is 1. The van der Waals surface area contributed by atoms with Crippen LogP contribution in [0.4, 0.5) is 0 Å². The first-order valence-corrected chi connectivity index (χ1v) is 8.66. The number of benzene rings is 1. The minimum atomic E-state index is -0.0962. The number of nitrogens with one attached hydrogen (secondary N) is 1. The Labute approximate surface area is 132 Å². The van der Waals surface area contributed by atoms with E-state index in [1.807, 2.05) is 25.9 Å². The molecular formula is C17H26N2OS. The fourth-order valence-corrected chi connectivity index (χ4v) is 3.91. The summed E-state index contributed by atoms with van der Waals surface area (Å²) in [5.74, 6) is 1.79. The van der Waals surface area contributed by atoms with Crippen LogP contribution in [0.25, 0.3) is 0 Å². The Hall–Kier alpha value is -1.00. The van der Waals surface area contributed by atoms with Crippen molar-refractivity contribution in [3.8, 4) is 0 Å². The quantitative estimate of drug-likeness (QED) is 0.906. The summed E-state index contributed by atoms with van der Waals surface area (Å²) in [5.41, 5.74) is 1.34. The zero-order valence-electron chi connectivity index (χ0n) is 13.4. The van der Waals surface area contributed by atoms with E-state index in [1.165, 1.54) is 10.5 Å². The first kappa shape index (κ1) is 16.4. The molecule has 2 rings (SSSR count). The summed E-state index contributed by atoms with van der Waals surface area (Å²) in [4.78, 5) is 15.5. The number of hydrogen-bond acceptors (Lipinski definition) is 3. The van der Waals surface area contributed by atoms with E-state index >= 15 is 0 Å². The van der Waals surface area contributed by atoms with Gasteiger partial charge in [-0.05, 0) is 36.1 Å². The van der Waals surface area contributed by atoms with Gasteiger partial charge in [-0.25, -0.2) is 0 Å². The number of hydrogen-bond donors (Lipinski definition) is 1. The molecule has 1 heterocycles. The molecule has 1 aliphatic heterocycles. The van der Waals surface area contributed by atoms with Gasteiger partial charge in [0.05, 0.1) is 6.04 Å². The fourth-order valence-electron chi connectivity index (χ4n) is 2.78. The molecule has 0 radical (unpaired) electrons. The van der Waals surface area contributed by atoms with Gasteiger partial charge < -0.3 is 4.90 Å². The first-order chi connectivity index (χ1) is 9.99. The minimum absolute atomic E-state index is 0.0962. The van der Waals surface area contributed by atoms with E-state index in [9.17, 15) is 4.79 Å². The third-order valence-corrected chi connectivity index (χ3v) is 4.93. The molecule has 0 aliphatic carbocycles. The predicted molar refractivity (Wildman–Crippen MR) is 89.6 cm³/mol. The van der Waals surface area contributed by atoms with E-state index in [-0.39, 0.29) is 18.0 Å². The van der Waals surface area contributed by atoms with Gasteiger partial charge in [0.15, 0.2) is 0 Å². The Balaban J connectivity index is 2.15. The Morgan fingerprint density at radius 3 is 2.76 bits per heavy atom. The smallest absolute Gasteiger partial charge is 0.239 e. The molecule has 1 aromatic carbocycles. The van der Waals surface area contributed by atoms with Gasteiger partial charge >= 0.3 is 0 Å². The van der Waals surface area contributed by atoms with Crippen LogP contribution in [0.15, 0.2) is 29.2 Å². The highest BCUT2D eigenvalue weighted by Gasteiger charge is 2.27. The van der Waals surface area contributed by atoms with Gasteiger partial charge in [-0.2, -0.15) is 0 Å². The van der Waals surface area contributed by atoms with E-state index in [4.69, 9.17) is 0 Å². The van der Waals surface area contributed by atoms with E-state index < -0.39 is 0 Å². The average Bonchev–Trinajstić information content (AvgIpc) is 2.45. The van der Waals surface area contributed by atoms with Gasteiger partial charge in [0.25, 0.3) is 0 Å². The zero-order valence-corrected chi connectivity index (χ0v) is 14.2. The van der Waals surface area contributed by atoms with Gasteiger partial charge in [-0.3, -0.25) is 10.1 Å². The number of nitrogens with zero attached hydrogens (tertiary/aromatic N) is 1. The lowest BCUT2D eigenvalue weighted by atomic mass is 9.98. The Morgan fingerprint density at radius 1 is 1.38 bits per heavy atom. The van der Waals surface area contributed by atoms with Gasteiger partial charge in [0, 0.05) is 25.0 Å². The summed E-state index contributed by atoms with van der Waals surface area (Å²) in [6, 6.07) is 8.73. The maximum Gasteiger partial charge on any atom is 0.239 e. The zero-order chi connectivity index (χ0) is 15.4. The third-order valence-electron chi connectivity index (χ3n) is 3.81. The monoisotopic (exact) mass is 306 g/mol. The van der Waals surface area contributed by atoms with Crippen LogP contribution in [0.2, 0.25) is 0 Å². The van der Waals surface area contributed by atoms with Crippen molar-refractivity contribution in [3.05, 3.63) is 29.8 Å². The Bertz CT molecular complexity index is 487. The number of rotatable bonds is 5. The number of thioether (sulfide) groups is 1. The summed E-state index contributed by atoms with van der Waals surface area (Å²) in [6.07, 6.45) is 1.96. The van der Waals surface area contributed by atoms with Crippen LogP contribution in [0, 0.1) is 5.92 Å². The lowest BCUT2D eigenvalue weighted by Gasteiger charge is -2.31. The maximum atomic E-state index is 12.4. The van der Waals surface area contributed by atoms with E-state index in [2.05, 4.69) is 43.4 Å². The molecule has 1 amide bonds. The van der Waals surface area contributed by atoms with E-state index in [0.29, 0.717) is 5.92 Å². The van der Waals surface area contributed by atoms with Crippen molar-refractivity contribution < 1.29 is 4.79 Å². The highest BCUT2D eigenvalue weighted by atomic mass is 32.2. The van der Waals surface area contributed by atoms with Gasteiger partial charge in [0.2, 0.25) is 5.91 Å². The SMILES string of the molecule is CC(C)CC(NC1CCSc2ccccc21)C(=O)N(C)C.